The van der Waals surface area contributed by atoms with Crippen LogP contribution in [0.15, 0.2) is 12.3 Å². The van der Waals surface area contributed by atoms with Crippen molar-refractivity contribution in [2.45, 2.75) is 33.2 Å². The molecule has 7 nitrogen and oxygen atoms in total. The predicted molar refractivity (Wildman–Crippen MR) is 77.0 cm³/mol. The van der Waals surface area contributed by atoms with Gasteiger partial charge in [0.15, 0.2) is 0 Å². The maximum absolute atomic E-state index is 12.1. The molecule has 0 aliphatic heterocycles. The number of nitrogens with one attached hydrogen (secondary N) is 2. The third-order valence-corrected chi connectivity index (χ3v) is 2.85. The van der Waals surface area contributed by atoms with Crippen LogP contribution in [0, 0.1) is 10.1 Å². The van der Waals surface area contributed by atoms with Crippen LogP contribution >= 0.6 is 0 Å². The first-order valence-electron chi connectivity index (χ1n) is 6.82. The lowest BCUT2D eigenvalue weighted by Crippen LogP contribution is -2.33. The van der Waals surface area contributed by atoms with Crippen molar-refractivity contribution in [2.24, 2.45) is 0 Å². The Morgan fingerprint density at radius 2 is 2.10 bits per heavy atom. The van der Waals surface area contributed by atoms with E-state index in [1.807, 2.05) is 13.8 Å². The summed E-state index contributed by atoms with van der Waals surface area (Å²) in [5.41, 5.74) is 0.259. The lowest BCUT2D eigenvalue weighted by atomic mass is 10.3. The molecule has 0 aliphatic rings. The van der Waals surface area contributed by atoms with Crippen LogP contribution in [0.25, 0.3) is 0 Å². The van der Waals surface area contributed by atoms with Gasteiger partial charge < -0.3 is 15.2 Å². The number of carbonyl (C=O) groups is 1. The molecular formula is C13H22N4O3. The van der Waals surface area contributed by atoms with E-state index in [0.29, 0.717) is 18.8 Å². The van der Waals surface area contributed by atoms with Crippen LogP contribution in [-0.2, 0) is 0 Å². The SMILES string of the molecule is CCCNCCNC(=O)c1cc([N+](=O)[O-])cn1C(C)C. The molecule has 0 radical (unpaired) electrons. The van der Waals surface area contributed by atoms with E-state index >= 15 is 0 Å². The molecule has 0 saturated heterocycles. The largest absolute Gasteiger partial charge is 0.349 e. The monoisotopic (exact) mass is 282 g/mol. The Kier molecular flexibility index (Phi) is 6.17. The number of hydrogen-bond acceptors (Lipinski definition) is 4. The molecule has 20 heavy (non-hydrogen) atoms. The first-order chi connectivity index (χ1) is 9.47. The van der Waals surface area contributed by atoms with E-state index < -0.39 is 4.92 Å². The average Bonchev–Trinajstić information content (AvgIpc) is 2.83. The zero-order valence-corrected chi connectivity index (χ0v) is 12.2. The molecule has 0 fully saturated rings. The highest BCUT2D eigenvalue weighted by Gasteiger charge is 2.20. The molecule has 1 aromatic rings. The Hall–Kier alpha value is -1.89. The molecule has 0 atom stereocenters. The van der Waals surface area contributed by atoms with E-state index in [1.54, 1.807) is 4.57 Å². The Balaban J connectivity index is 2.68. The summed E-state index contributed by atoms with van der Waals surface area (Å²) >= 11 is 0. The second kappa shape index (κ2) is 7.64. The number of aromatic nitrogens is 1. The third-order valence-electron chi connectivity index (χ3n) is 2.85. The first kappa shape index (κ1) is 16.2. The van der Waals surface area contributed by atoms with Crippen molar-refractivity contribution < 1.29 is 9.72 Å². The van der Waals surface area contributed by atoms with Gasteiger partial charge in [-0.1, -0.05) is 6.92 Å². The fourth-order valence-corrected chi connectivity index (χ4v) is 1.83. The van der Waals surface area contributed by atoms with E-state index in [-0.39, 0.29) is 17.6 Å². The van der Waals surface area contributed by atoms with Crippen LogP contribution in [0.4, 0.5) is 5.69 Å². The van der Waals surface area contributed by atoms with Gasteiger partial charge in [-0.15, -0.1) is 0 Å². The third kappa shape index (κ3) is 4.34. The highest BCUT2D eigenvalue weighted by Crippen LogP contribution is 2.20. The maximum atomic E-state index is 12.1. The lowest BCUT2D eigenvalue weighted by Gasteiger charge is -2.12. The zero-order valence-electron chi connectivity index (χ0n) is 12.2. The highest BCUT2D eigenvalue weighted by molar-refractivity contribution is 5.93. The summed E-state index contributed by atoms with van der Waals surface area (Å²) in [5.74, 6) is -0.287. The minimum Gasteiger partial charge on any atom is -0.349 e. The summed E-state index contributed by atoms with van der Waals surface area (Å²) < 4.78 is 1.62. The normalized spacial score (nSPS) is 10.8. The fourth-order valence-electron chi connectivity index (χ4n) is 1.83. The van der Waals surface area contributed by atoms with Crippen molar-refractivity contribution in [3.05, 3.63) is 28.1 Å². The molecule has 1 rings (SSSR count). The maximum Gasteiger partial charge on any atom is 0.287 e. The Bertz CT molecular complexity index is 468. The van der Waals surface area contributed by atoms with Gasteiger partial charge in [0.25, 0.3) is 11.6 Å². The zero-order chi connectivity index (χ0) is 15.1. The van der Waals surface area contributed by atoms with Crippen LogP contribution in [0.5, 0.6) is 0 Å². The lowest BCUT2D eigenvalue weighted by molar-refractivity contribution is -0.384. The number of carbonyl (C=O) groups excluding carboxylic acids is 1. The van der Waals surface area contributed by atoms with Crippen molar-refractivity contribution >= 4 is 11.6 Å². The van der Waals surface area contributed by atoms with Crippen molar-refractivity contribution in [2.75, 3.05) is 19.6 Å². The van der Waals surface area contributed by atoms with Crippen LogP contribution in [0.3, 0.4) is 0 Å². The number of hydrogen-bond donors (Lipinski definition) is 2. The summed E-state index contributed by atoms with van der Waals surface area (Å²) in [6, 6.07) is 1.30. The smallest absolute Gasteiger partial charge is 0.287 e. The van der Waals surface area contributed by atoms with E-state index in [1.165, 1.54) is 12.3 Å². The molecule has 0 spiro atoms. The first-order valence-corrected chi connectivity index (χ1v) is 6.82. The summed E-state index contributed by atoms with van der Waals surface area (Å²) in [6.07, 6.45) is 2.44. The van der Waals surface area contributed by atoms with Crippen molar-refractivity contribution in [1.82, 2.24) is 15.2 Å². The van der Waals surface area contributed by atoms with Gasteiger partial charge in [-0.3, -0.25) is 14.9 Å². The average molecular weight is 282 g/mol. The molecule has 1 heterocycles. The molecule has 0 aromatic carbocycles. The Labute approximate surface area is 118 Å². The quantitative estimate of drug-likeness (QED) is 0.431. The topological polar surface area (TPSA) is 89.2 Å². The minimum absolute atomic E-state index is 0.0114. The van der Waals surface area contributed by atoms with Gasteiger partial charge in [-0.25, -0.2) is 0 Å². The van der Waals surface area contributed by atoms with E-state index in [4.69, 9.17) is 0 Å². The van der Waals surface area contributed by atoms with Gasteiger partial charge in [-0.05, 0) is 26.8 Å². The Morgan fingerprint density at radius 3 is 2.65 bits per heavy atom. The summed E-state index contributed by atoms with van der Waals surface area (Å²) in [4.78, 5) is 22.4. The molecule has 1 amide bonds. The minimum atomic E-state index is -0.488. The summed E-state index contributed by atoms with van der Waals surface area (Å²) in [6.45, 7) is 7.91. The van der Waals surface area contributed by atoms with E-state index in [9.17, 15) is 14.9 Å². The number of rotatable bonds is 8. The number of amides is 1. The van der Waals surface area contributed by atoms with Crippen LogP contribution < -0.4 is 10.6 Å². The molecule has 1 aromatic heterocycles. The molecule has 0 bridgehead atoms. The molecular weight excluding hydrogens is 260 g/mol. The van der Waals surface area contributed by atoms with Gasteiger partial charge in [0.1, 0.15) is 5.69 Å². The standard InChI is InChI=1S/C13H22N4O3/c1-4-5-14-6-7-15-13(18)12-8-11(17(19)20)9-16(12)10(2)3/h8-10,14H,4-7H2,1-3H3,(H,15,18). The van der Waals surface area contributed by atoms with Gasteiger partial charge in [-0.2, -0.15) is 0 Å². The van der Waals surface area contributed by atoms with Crippen molar-refractivity contribution in [3.63, 3.8) is 0 Å². The highest BCUT2D eigenvalue weighted by atomic mass is 16.6. The van der Waals surface area contributed by atoms with Crippen LogP contribution in [-0.4, -0.2) is 35.0 Å². The second-order valence-electron chi connectivity index (χ2n) is 4.85. The van der Waals surface area contributed by atoms with E-state index in [0.717, 1.165) is 13.0 Å². The molecule has 112 valence electrons. The predicted octanol–water partition coefficient (Wildman–Crippen LogP) is 1.71. The second-order valence-corrected chi connectivity index (χ2v) is 4.85. The van der Waals surface area contributed by atoms with Gasteiger partial charge in [0.05, 0.1) is 11.1 Å². The van der Waals surface area contributed by atoms with Gasteiger partial charge in [0.2, 0.25) is 0 Å². The van der Waals surface area contributed by atoms with Crippen molar-refractivity contribution in [3.8, 4) is 0 Å². The van der Waals surface area contributed by atoms with E-state index in [2.05, 4.69) is 17.6 Å². The Morgan fingerprint density at radius 1 is 1.40 bits per heavy atom. The summed E-state index contributed by atoms with van der Waals surface area (Å²) in [5, 5.41) is 16.7. The molecule has 0 unspecified atom stereocenters. The van der Waals surface area contributed by atoms with Crippen molar-refractivity contribution in [1.29, 1.82) is 0 Å². The molecule has 0 saturated carbocycles. The molecule has 7 heteroatoms. The molecule has 2 N–H and O–H groups in total. The van der Waals surface area contributed by atoms with Crippen LogP contribution in [0.1, 0.15) is 43.7 Å². The fraction of sp³-hybridized carbons (Fsp3) is 0.615. The number of nitro groups is 1. The van der Waals surface area contributed by atoms with Crippen LogP contribution in [0.2, 0.25) is 0 Å². The summed E-state index contributed by atoms with van der Waals surface area (Å²) in [7, 11) is 0. The molecule has 0 aliphatic carbocycles. The van der Waals surface area contributed by atoms with Gasteiger partial charge >= 0.3 is 0 Å². The number of nitrogens with zero attached hydrogens (tertiary/aromatic N) is 2. The van der Waals surface area contributed by atoms with Gasteiger partial charge in [0, 0.05) is 25.2 Å².